The number of carbonyl (C=O) groups is 1. The average molecular weight is 874 g/mol. The number of nitrogens with one attached hydrogen (secondary N) is 1. The zero-order chi connectivity index (χ0) is 45.2. The molecule has 5 N–H and O–H groups in total. The van der Waals surface area contributed by atoms with Crippen molar-refractivity contribution >= 4 is 5.91 Å². The molecule has 0 rings (SSSR count). The largest absolute Gasteiger partial charge is 0.394 e. The van der Waals surface area contributed by atoms with Gasteiger partial charge in [-0.25, -0.2) is 0 Å². The van der Waals surface area contributed by atoms with Crippen LogP contribution in [-0.2, 0) is 4.79 Å². The molecule has 0 aliphatic rings. The summed E-state index contributed by atoms with van der Waals surface area (Å²) in [5.74, 6) is -0.595. The Morgan fingerprint density at radius 2 is 0.677 bits per heavy atom. The molecule has 0 aromatic carbocycles. The van der Waals surface area contributed by atoms with E-state index in [-0.39, 0.29) is 0 Å². The number of hydrogen-bond acceptors (Lipinski definition) is 5. The fourth-order valence-electron chi connectivity index (χ4n) is 8.50. The van der Waals surface area contributed by atoms with Crippen LogP contribution in [0.2, 0.25) is 0 Å². The van der Waals surface area contributed by atoms with E-state index in [1.165, 1.54) is 199 Å². The number of amides is 1. The maximum Gasteiger partial charge on any atom is 0.249 e. The first-order valence-corrected chi connectivity index (χ1v) is 27.4. The van der Waals surface area contributed by atoms with Gasteiger partial charge in [0.2, 0.25) is 5.91 Å². The van der Waals surface area contributed by atoms with Gasteiger partial charge in [0, 0.05) is 0 Å². The van der Waals surface area contributed by atoms with Crippen molar-refractivity contribution in [2.24, 2.45) is 0 Å². The van der Waals surface area contributed by atoms with Gasteiger partial charge in [0.15, 0.2) is 0 Å². The van der Waals surface area contributed by atoms with E-state index in [1.54, 1.807) is 0 Å². The Balaban J connectivity index is 3.68. The summed E-state index contributed by atoms with van der Waals surface area (Å²) in [6, 6.07) is -1.01. The highest BCUT2D eigenvalue weighted by Crippen LogP contribution is 2.17. The highest BCUT2D eigenvalue weighted by atomic mass is 16.3. The molecule has 0 aromatic rings. The van der Waals surface area contributed by atoms with Crippen LogP contribution in [0.5, 0.6) is 0 Å². The molecule has 62 heavy (non-hydrogen) atoms. The second kappa shape index (κ2) is 50.5. The number of aliphatic hydroxyl groups excluding tert-OH is 4. The molecule has 0 fully saturated rings. The van der Waals surface area contributed by atoms with Crippen LogP contribution in [0.4, 0.5) is 0 Å². The zero-order valence-electron chi connectivity index (χ0n) is 41.4. The maximum atomic E-state index is 12.6. The summed E-state index contributed by atoms with van der Waals surface area (Å²) in [6.07, 6.45) is 62.1. The van der Waals surface area contributed by atoms with E-state index >= 15 is 0 Å². The summed E-state index contributed by atoms with van der Waals surface area (Å²) in [7, 11) is 0. The quantitative estimate of drug-likeness (QED) is 0.0309. The molecular weight excluding hydrogens is 767 g/mol. The van der Waals surface area contributed by atoms with Crippen molar-refractivity contribution in [2.45, 2.75) is 308 Å². The Hall–Kier alpha value is -1.47. The predicted octanol–water partition coefficient (Wildman–Crippen LogP) is 15.6. The van der Waals surface area contributed by atoms with Crippen molar-refractivity contribution in [1.82, 2.24) is 5.32 Å². The molecule has 0 spiro atoms. The normalized spacial score (nSPS) is 14.1. The molecular formula is C56H107NO5. The summed E-state index contributed by atoms with van der Waals surface area (Å²) >= 11 is 0. The van der Waals surface area contributed by atoms with Crippen LogP contribution < -0.4 is 5.32 Å². The standard InChI is InChI=1S/C56H107NO5/c1-3-5-7-9-11-13-15-17-19-21-23-25-26-27-28-29-30-32-34-36-38-40-42-44-46-48-50-54(60)56(62)57-52(51-58)55(61)53(59)49-47-45-43-41-39-37-35-33-31-24-22-20-18-16-14-12-10-8-6-4-2/h20,22,33,35,41,43,52-55,58-61H,3-19,21,23-32,34,36-40,42,44-51H2,1-2H3,(H,57,62)/b22-20+,35-33+,43-41+. The first-order valence-electron chi connectivity index (χ1n) is 27.4. The Morgan fingerprint density at radius 3 is 1.02 bits per heavy atom. The number of allylic oxidation sites excluding steroid dienone is 6. The summed E-state index contributed by atoms with van der Waals surface area (Å²) in [5.41, 5.74) is 0. The Kier molecular flexibility index (Phi) is 49.3. The van der Waals surface area contributed by atoms with Crippen molar-refractivity contribution in [2.75, 3.05) is 6.61 Å². The molecule has 6 nitrogen and oxygen atoms in total. The first-order chi connectivity index (χ1) is 30.5. The van der Waals surface area contributed by atoms with Gasteiger partial charge in [-0.15, -0.1) is 0 Å². The lowest BCUT2D eigenvalue weighted by atomic mass is 10.00. The molecule has 0 heterocycles. The molecule has 4 atom stereocenters. The topological polar surface area (TPSA) is 110 Å². The van der Waals surface area contributed by atoms with Crippen molar-refractivity contribution in [3.8, 4) is 0 Å². The fraction of sp³-hybridized carbons (Fsp3) is 0.875. The number of hydrogen-bond donors (Lipinski definition) is 5. The van der Waals surface area contributed by atoms with E-state index in [1.807, 2.05) is 0 Å². The summed E-state index contributed by atoms with van der Waals surface area (Å²) in [5, 5.41) is 43.9. The third-order valence-electron chi connectivity index (χ3n) is 12.8. The molecule has 0 radical (unpaired) electrons. The Bertz CT molecular complexity index is 981. The van der Waals surface area contributed by atoms with Crippen LogP contribution in [0.3, 0.4) is 0 Å². The third kappa shape index (κ3) is 43.8. The fourth-order valence-corrected chi connectivity index (χ4v) is 8.50. The summed E-state index contributed by atoms with van der Waals surface area (Å²) in [6.45, 7) is 4.06. The number of rotatable bonds is 50. The van der Waals surface area contributed by atoms with Gasteiger partial charge in [0.1, 0.15) is 12.2 Å². The lowest BCUT2D eigenvalue weighted by Crippen LogP contribution is -2.53. The van der Waals surface area contributed by atoms with Crippen molar-refractivity contribution in [3.05, 3.63) is 36.5 Å². The molecule has 0 aliphatic heterocycles. The number of carbonyl (C=O) groups excluding carboxylic acids is 1. The molecule has 0 bridgehead atoms. The lowest BCUT2D eigenvalue weighted by Gasteiger charge is -2.27. The van der Waals surface area contributed by atoms with E-state index in [0.717, 1.165) is 51.4 Å². The molecule has 0 saturated carbocycles. The smallest absolute Gasteiger partial charge is 0.249 e. The summed E-state index contributed by atoms with van der Waals surface area (Å²) < 4.78 is 0. The van der Waals surface area contributed by atoms with E-state index in [9.17, 15) is 25.2 Å². The van der Waals surface area contributed by atoms with Gasteiger partial charge in [0.05, 0.1) is 18.8 Å². The van der Waals surface area contributed by atoms with E-state index in [4.69, 9.17) is 0 Å². The van der Waals surface area contributed by atoms with Crippen LogP contribution in [0, 0.1) is 0 Å². The predicted molar refractivity (Wildman–Crippen MR) is 270 cm³/mol. The van der Waals surface area contributed by atoms with E-state index in [0.29, 0.717) is 19.3 Å². The van der Waals surface area contributed by atoms with Crippen LogP contribution in [0.1, 0.15) is 284 Å². The van der Waals surface area contributed by atoms with Gasteiger partial charge < -0.3 is 25.7 Å². The van der Waals surface area contributed by atoms with Crippen molar-refractivity contribution in [3.63, 3.8) is 0 Å². The van der Waals surface area contributed by atoms with Gasteiger partial charge in [-0.2, -0.15) is 0 Å². The Morgan fingerprint density at radius 1 is 0.387 bits per heavy atom. The highest BCUT2D eigenvalue weighted by molar-refractivity contribution is 5.80. The Labute approximate surface area is 386 Å². The first kappa shape index (κ1) is 60.5. The minimum atomic E-state index is -1.29. The number of aliphatic hydroxyl groups is 4. The van der Waals surface area contributed by atoms with Gasteiger partial charge >= 0.3 is 0 Å². The molecule has 0 saturated heterocycles. The highest BCUT2D eigenvalue weighted by Gasteiger charge is 2.28. The molecule has 0 aliphatic carbocycles. The van der Waals surface area contributed by atoms with E-state index in [2.05, 4.69) is 55.6 Å². The SMILES string of the molecule is CCCCCCCCC/C=C/CC/C=C/CC/C=C/CCCC(O)C(O)C(CO)NC(=O)C(O)CCCCCCCCCCCCCCCCCCCCCCCCCCCC. The average Bonchev–Trinajstić information content (AvgIpc) is 3.28. The maximum absolute atomic E-state index is 12.6. The third-order valence-corrected chi connectivity index (χ3v) is 12.8. The van der Waals surface area contributed by atoms with Gasteiger partial charge in [-0.3, -0.25) is 4.79 Å². The monoisotopic (exact) mass is 874 g/mol. The molecule has 6 heteroatoms. The van der Waals surface area contributed by atoms with Crippen LogP contribution in [-0.4, -0.2) is 57.3 Å². The minimum absolute atomic E-state index is 0.362. The molecule has 1 amide bonds. The molecule has 0 aromatic heterocycles. The van der Waals surface area contributed by atoms with E-state index < -0.39 is 36.9 Å². The van der Waals surface area contributed by atoms with Gasteiger partial charge in [0.25, 0.3) is 0 Å². The lowest BCUT2D eigenvalue weighted by molar-refractivity contribution is -0.132. The second-order valence-electron chi connectivity index (χ2n) is 18.9. The summed E-state index contributed by atoms with van der Waals surface area (Å²) in [4.78, 5) is 12.6. The molecule has 4 unspecified atom stereocenters. The van der Waals surface area contributed by atoms with Crippen LogP contribution in [0.25, 0.3) is 0 Å². The second-order valence-corrected chi connectivity index (χ2v) is 18.9. The minimum Gasteiger partial charge on any atom is -0.394 e. The van der Waals surface area contributed by atoms with Gasteiger partial charge in [-0.05, 0) is 64.2 Å². The zero-order valence-corrected chi connectivity index (χ0v) is 41.4. The number of unbranched alkanes of at least 4 members (excludes halogenated alkanes) is 35. The van der Waals surface area contributed by atoms with Crippen LogP contribution in [0.15, 0.2) is 36.5 Å². The van der Waals surface area contributed by atoms with Crippen molar-refractivity contribution < 1.29 is 25.2 Å². The van der Waals surface area contributed by atoms with Crippen LogP contribution >= 0.6 is 0 Å². The van der Waals surface area contributed by atoms with Gasteiger partial charge in [-0.1, -0.05) is 256 Å². The molecule has 366 valence electrons. The van der Waals surface area contributed by atoms with Crippen molar-refractivity contribution in [1.29, 1.82) is 0 Å².